The van der Waals surface area contributed by atoms with Gasteiger partial charge in [-0.1, -0.05) is 42.0 Å². The van der Waals surface area contributed by atoms with Crippen molar-refractivity contribution in [3.05, 3.63) is 68.8 Å². The Morgan fingerprint density at radius 3 is 2.47 bits per heavy atom. The zero-order chi connectivity index (χ0) is 13.7. The van der Waals surface area contributed by atoms with Crippen molar-refractivity contribution >= 4 is 22.6 Å². The molecule has 0 aliphatic heterocycles. The average Bonchev–Trinajstić information content (AvgIpc) is 2.41. The maximum absolute atomic E-state index is 3.32. The number of likely N-dealkylation sites (N-methyl/N-ethyl adjacent to an activating group) is 1. The summed E-state index contributed by atoms with van der Waals surface area (Å²) in [6, 6.07) is 17.7. The van der Waals surface area contributed by atoms with Crippen LogP contribution in [0.2, 0.25) is 0 Å². The molecule has 1 nitrogen and oxygen atoms in total. The summed E-state index contributed by atoms with van der Waals surface area (Å²) in [7, 11) is 2.02. The molecular formula is C17H20IN. The molecule has 0 saturated carbocycles. The molecule has 0 amide bonds. The van der Waals surface area contributed by atoms with Gasteiger partial charge in [0.15, 0.2) is 0 Å². The van der Waals surface area contributed by atoms with Crippen LogP contribution < -0.4 is 5.32 Å². The molecule has 0 spiro atoms. The fourth-order valence-electron chi connectivity index (χ4n) is 2.38. The van der Waals surface area contributed by atoms with Crippen LogP contribution in [-0.2, 0) is 6.42 Å². The lowest BCUT2D eigenvalue weighted by Gasteiger charge is -2.18. The minimum Gasteiger partial charge on any atom is -0.319 e. The van der Waals surface area contributed by atoms with E-state index >= 15 is 0 Å². The molecule has 0 fully saturated rings. The summed E-state index contributed by atoms with van der Waals surface area (Å²) in [5, 5.41) is 3.32. The summed E-state index contributed by atoms with van der Waals surface area (Å²) in [4.78, 5) is 0. The minimum atomic E-state index is 0.532. The molecule has 0 aromatic heterocycles. The Kier molecular flexibility index (Phi) is 5.40. The molecule has 2 aromatic carbocycles. The van der Waals surface area contributed by atoms with Crippen LogP contribution in [0.4, 0.5) is 0 Å². The Morgan fingerprint density at radius 1 is 1.11 bits per heavy atom. The number of benzene rings is 2. The third-order valence-corrected chi connectivity index (χ3v) is 4.08. The van der Waals surface area contributed by atoms with E-state index in [-0.39, 0.29) is 0 Å². The zero-order valence-electron chi connectivity index (χ0n) is 11.5. The molecule has 1 atom stereocenters. The van der Waals surface area contributed by atoms with Crippen LogP contribution in [0.15, 0.2) is 48.5 Å². The molecule has 0 bridgehead atoms. The van der Waals surface area contributed by atoms with Gasteiger partial charge in [0.05, 0.1) is 0 Å². The molecule has 0 radical (unpaired) electrons. The van der Waals surface area contributed by atoms with E-state index in [2.05, 4.69) is 83.4 Å². The van der Waals surface area contributed by atoms with Gasteiger partial charge in [0.1, 0.15) is 0 Å². The minimum absolute atomic E-state index is 0.532. The number of hydrogen-bond acceptors (Lipinski definition) is 1. The first-order valence-corrected chi connectivity index (χ1v) is 7.72. The van der Waals surface area contributed by atoms with Gasteiger partial charge in [0, 0.05) is 16.0 Å². The van der Waals surface area contributed by atoms with Crippen LogP contribution in [0.3, 0.4) is 0 Å². The number of halogens is 1. The van der Waals surface area contributed by atoms with Gasteiger partial charge in [-0.2, -0.15) is 0 Å². The normalized spacial score (nSPS) is 12.4. The predicted octanol–water partition coefficient (Wildman–Crippen LogP) is 4.15. The van der Waals surface area contributed by atoms with Gasteiger partial charge in [-0.25, -0.2) is 0 Å². The number of rotatable bonds is 5. The van der Waals surface area contributed by atoms with E-state index in [1.54, 1.807) is 0 Å². The van der Waals surface area contributed by atoms with Gasteiger partial charge in [-0.15, -0.1) is 0 Å². The first-order chi connectivity index (χ1) is 9.19. The van der Waals surface area contributed by atoms with Crippen molar-refractivity contribution in [2.24, 2.45) is 0 Å². The highest BCUT2D eigenvalue weighted by atomic mass is 127. The van der Waals surface area contributed by atoms with Gasteiger partial charge in [-0.3, -0.25) is 0 Å². The van der Waals surface area contributed by atoms with E-state index in [4.69, 9.17) is 0 Å². The molecule has 0 saturated heterocycles. The fraction of sp³-hybridized carbons (Fsp3) is 0.294. The van der Waals surface area contributed by atoms with Crippen LogP contribution >= 0.6 is 22.6 Å². The van der Waals surface area contributed by atoms with Gasteiger partial charge in [0.2, 0.25) is 0 Å². The maximum atomic E-state index is 3.32. The van der Waals surface area contributed by atoms with E-state index in [1.807, 2.05) is 7.05 Å². The van der Waals surface area contributed by atoms with Crippen LogP contribution in [0.1, 0.15) is 22.6 Å². The van der Waals surface area contributed by atoms with Crippen molar-refractivity contribution in [2.75, 3.05) is 13.6 Å². The van der Waals surface area contributed by atoms with Gasteiger partial charge in [-0.05, 0) is 66.2 Å². The summed E-state index contributed by atoms with van der Waals surface area (Å²) < 4.78 is 1.29. The van der Waals surface area contributed by atoms with E-state index in [0.29, 0.717) is 5.92 Å². The van der Waals surface area contributed by atoms with Crippen molar-refractivity contribution in [3.8, 4) is 0 Å². The maximum Gasteiger partial charge on any atom is 0.0130 e. The fourth-order valence-corrected chi connectivity index (χ4v) is 2.74. The summed E-state index contributed by atoms with van der Waals surface area (Å²) in [6.07, 6.45) is 1.08. The average molecular weight is 365 g/mol. The summed E-state index contributed by atoms with van der Waals surface area (Å²) in [6.45, 7) is 3.17. The molecule has 0 aliphatic carbocycles. The lowest BCUT2D eigenvalue weighted by molar-refractivity contribution is 0.625. The smallest absolute Gasteiger partial charge is 0.0130 e. The Hall–Kier alpha value is -0.870. The van der Waals surface area contributed by atoms with Crippen LogP contribution in [-0.4, -0.2) is 13.6 Å². The predicted molar refractivity (Wildman–Crippen MR) is 90.7 cm³/mol. The first kappa shape index (κ1) is 14.5. The molecule has 0 heterocycles. The zero-order valence-corrected chi connectivity index (χ0v) is 13.6. The molecule has 2 heteroatoms. The quantitative estimate of drug-likeness (QED) is 0.786. The highest BCUT2D eigenvalue weighted by Gasteiger charge is 2.11. The van der Waals surface area contributed by atoms with E-state index in [1.165, 1.54) is 20.3 Å². The van der Waals surface area contributed by atoms with Crippen molar-refractivity contribution in [2.45, 2.75) is 19.3 Å². The number of hydrogen-bond donors (Lipinski definition) is 1. The number of aryl methyl sites for hydroxylation is 1. The second kappa shape index (κ2) is 7.06. The first-order valence-electron chi connectivity index (χ1n) is 6.64. The van der Waals surface area contributed by atoms with Crippen molar-refractivity contribution in [1.29, 1.82) is 0 Å². The Morgan fingerprint density at radius 2 is 1.84 bits per heavy atom. The van der Waals surface area contributed by atoms with Crippen molar-refractivity contribution in [3.63, 3.8) is 0 Å². The summed E-state index contributed by atoms with van der Waals surface area (Å²) >= 11 is 2.35. The van der Waals surface area contributed by atoms with Gasteiger partial charge >= 0.3 is 0 Å². The van der Waals surface area contributed by atoms with Crippen LogP contribution in [0.25, 0.3) is 0 Å². The third kappa shape index (κ3) is 4.32. The monoisotopic (exact) mass is 365 g/mol. The van der Waals surface area contributed by atoms with Crippen LogP contribution in [0.5, 0.6) is 0 Å². The van der Waals surface area contributed by atoms with Gasteiger partial charge < -0.3 is 5.32 Å². The molecule has 1 N–H and O–H groups in total. The third-order valence-electron chi connectivity index (χ3n) is 3.36. The summed E-state index contributed by atoms with van der Waals surface area (Å²) in [5.74, 6) is 0.532. The second-order valence-corrected chi connectivity index (χ2v) is 6.24. The van der Waals surface area contributed by atoms with E-state index < -0.39 is 0 Å². The highest BCUT2D eigenvalue weighted by Crippen LogP contribution is 2.22. The van der Waals surface area contributed by atoms with Crippen molar-refractivity contribution in [1.82, 2.24) is 5.32 Å². The molecule has 1 unspecified atom stereocenters. The molecule has 19 heavy (non-hydrogen) atoms. The molecule has 100 valence electrons. The molecular weight excluding hydrogens is 345 g/mol. The topological polar surface area (TPSA) is 12.0 Å². The largest absolute Gasteiger partial charge is 0.319 e. The number of nitrogens with one attached hydrogen (secondary N) is 1. The lowest BCUT2D eigenvalue weighted by atomic mass is 9.91. The Labute approximate surface area is 129 Å². The standard InChI is InChI=1S/C17H20IN/c1-13-4-3-5-15(10-13)16(12-19-2)11-14-6-8-17(18)9-7-14/h3-10,16,19H,11-12H2,1-2H3. The SMILES string of the molecule is CNCC(Cc1ccc(I)cc1)c1cccc(C)c1. The summed E-state index contributed by atoms with van der Waals surface area (Å²) in [5.41, 5.74) is 4.16. The van der Waals surface area contributed by atoms with E-state index in [0.717, 1.165) is 13.0 Å². The molecule has 0 aliphatic rings. The van der Waals surface area contributed by atoms with Gasteiger partial charge in [0.25, 0.3) is 0 Å². The van der Waals surface area contributed by atoms with Crippen LogP contribution in [0, 0.1) is 10.5 Å². The second-order valence-electron chi connectivity index (χ2n) is 5.00. The highest BCUT2D eigenvalue weighted by molar-refractivity contribution is 14.1. The van der Waals surface area contributed by atoms with Crippen molar-refractivity contribution < 1.29 is 0 Å². The lowest BCUT2D eigenvalue weighted by Crippen LogP contribution is -2.19. The molecule has 2 aromatic rings. The van der Waals surface area contributed by atoms with E-state index in [9.17, 15) is 0 Å². The molecule has 2 rings (SSSR count). The Bertz CT molecular complexity index is 519. The Balaban J connectivity index is 2.18.